The van der Waals surface area contributed by atoms with Gasteiger partial charge in [0.25, 0.3) is 5.90 Å². The topological polar surface area (TPSA) is 77.4 Å². The summed E-state index contributed by atoms with van der Waals surface area (Å²) >= 11 is 0. The van der Waals surface area contributed by atoms with Crippen molar-refractivity contribution in [3.05, 3.63) is 35.4 Å². The minimum absolute atomic E-state index is 0.165. The van der Waals surface area contributed by atoms with Crippen molar-refractivity contribution in [2.45, 2.75) is 19.1 Å². The lowest BCUT2D eigenvalue weighted by molar-refractivity contribution is -0.0471. The molecule has 1 aromatic carbocycles. The van der Waals surface area contributed by atoms with E-state index in [9.17, 15) is 9.90 Å². The van der Waals surface area contributed by atoms with Crippen LogP contribution in [-0.4, -0.2) is 42.9 Å². The molecule has 2 atom stereocenters. The van der Waals surface area contributed by atoms with Gasteiger partial charge in [0, 0.05) is 0 Å². The second kappa shape index (κ2) is 5.71. The van der Waals surface area contributed by atoms with Crippen LogP contribution in [0.2, 0.25) is 0 Å². The smallest absolute Gasteiger partial charge is 0.338 e. The van der Waals surface area contributed by atoms with Crippen LogP contribution in [0.4, 0.5) is 0 Å². The van der Waals surface area contributed by atoms with Gasteiger partial charge in [0.15, 0.2) is 12.7 Å². The number of methoxy groups -OCH3 is 1. The van der Waals surface area contributed by atoms with E-state index >= 15 is 0 Å². The summed E-state index contributed by atoms with van der Waals surface area (Å²) in [7, 11) is 1.30. The molecule has 1 N–H and O–H groups in total. The van der Waals surface area contributed by atoms with Gasteiger partial charge in [-0.3, -0.25) is 0 Å². The van der Waals surface area contributed by atoms with Crippen molar-refractivity contribution in [1.82, 2.24) is 0 Å². The first-order valence-electron chi connectivity index (χ1n) is 5.86. The largest absolute Gasteiger partial charge is 0.465 e. The highest BCUT2D eigenvalue weighted by Gasteiger charge is 2.27. The van der Waals surface area contributed by atoms with Crippen LogP contribution in [0.5, 0.6) is 0 Å². The zero-order valence-corrected chi connectivity index (χ0v) is 10.7. The van der Waals surface area contributed by atoms with Crippen molar-refractivity contribution in [2.75, 3.05) is 13.7 Å². The Kier molecular flexibility index (Phi) is 4.01. The van der Waals surface area contributed by atoms with Gasteiger partial charge in [-0.2, -0.15) is 0 Å². The van der Waals surface area contributed by atoms with Crippen molar-refractivity contribution in [1.29, 1.82) is 0 Å². The minimum atomic E-state index is -0.698. The lowest BCUT2D eigenvalue weighted by atomic mass is 10.1. The fourth-order valence-corrected chi connectivity index (χ4v) is 1.68. The predicted octanol–water partition coefficient (Wildman–Crippen LogP) is 0.931. The van der Waals surface area contributed by atoms with E-state index in [0.29, 0.717) is 11.1 Å². The number of oxime groups is 1. The van der Waals surface area contributed by atoms with Crippen molar-refractivity contribution >= 4 is 11.9 Å². The van der Waals surface area contributed by atoms with Crippen LogP contribution in [0.1, 0.15) is 22.8 Å². The summed E-state index contributed by atoms with van der Waals surface area (Å²) in [5, 5.41) is 13.3. The highest BCUT2D eigenvalue weighted by Crippen LogP contribution is 2.17. The second-order valence-electron chi connectivity index (χ2n) is 4.13. The maximum atomic E-state index is 11.7. The van der Waals surface area contributed by atoms with Crippen molar-refractivity contribution in [3.8, 4) is 0 Å². The zero-order chi connectivity index (χ0) is 13.8. The average Bonchev–Trinajstić information content (AvgIpc) is 2.46. The van der Waals surface area contributed by atoms with Crippen LogP contribution in [-0.2, 0) is 14.3 Å². The molecular weight excluding hydrogens is 250 g/mol. The molecule has 102 valence electrons. The minimum Gasteiger partial charge on any atom is -0.465 e. The molecule has 0 aliphatic carbocycles. The summed E-state index contributed by atoms with van der Waals surface area (Å²) in [5.41, 5.74) is 0.804. The number of rotatable bonds is 3. The molecule has 6 nitrogen and oxygen atoms in total. The Morgan fingerprint density at radius 3 is 2.95 bits per heavy atom. The van der Waals surface area contributed by atoms with Crippen LogP contribution in [0.25, 0.3) is 0 Å². The number of nitrogens with zero attached hydrogens (tertiary/aromatic N) is 1. The molecule has 0 fully saturated rings. The maximum Gasteiger partial charge on any atom is 0.338 e. The van der Waals surface area contributed by atoms with Crippen LogP contribution in [0.15, 0.2) is 29.4 Å². The molecule has 0 saturated heterocycles. The first kappa shape index (κ1) is 13.4. The molecule has 2 rings (SSSR count). The molecule has 0 radical (unpaired) electrons. The predicted molar refractivity (Wildman–Crippen MR) is 66.8 cm³/mol. The number of aliphatic hydroxyl groups is 1. The number of ether oxygens (including phenoxy) is 2. The highest BCUT2D eigenvalue weighted by molar-refractivity contribution is 6.05. The molecule has 2 unspecified atom stereocenters. The fraction of sp³-hybridized carbons (Fsp3) is 0.385. The Morgan fingerprint density at radius 2 is 2.26 bits per heavy atom. The summed E-state index contributed by atoms with van der Waals surface area (Å²) in [4.78, 5) is 16.7. The molecule has 0 bridgehead atoms. The summed E-state index contributed by atoms with van der Waals surface area (Å²) in [5.74, 6) is -0.320. The first-order valence-corrected chi connectivity index (χ1v) is 5.86. The Hall–Kier alpha value is -2.08. The number of aliphatic hydroxyl groups excluding tert-OH is 1. The quantitative estimate of drug-likeness (QED) is 0.823. The summed E-state index contributed by atoms with van der Waals surface area (Å²) in [6.45, 7) is 1.77. The number of carbonyl (C=O) groups is 1. The van der Waals surface area contributed by atoms with Crippen LogP contribution in [0, 0.1) is 0 Å². The van der Waals surface area contributed by atoms with Gasteiger partial charge in [0.2, 0.25) is 0 Å². The van der Waals surface area contributed by atoms with E-state index in [4.69, 9.17) is 14.3 Å². The van der Waals surface area contributed by atoms with Crippen molar-refractivity contribution in [3.63, 3.8) is 0 Å². The molecule has 19 heavy (non-hydrogen) atoms. The van der Waals surface area contributed by atoms with Gasteiger partial charge in [-0.05, 0) is 24.2 Å². The van der Waals surface area contributed by atoms with E-state index in [-0.39, 0.29) is 12.5 Å². The molecule has 1 aliphatic rings. The third-order valence-corrected chi connectivity index (χ3v) is 2.75. The molecule has 1 aromatic rings. The van der Waals surface area contributed by atoms with E-state index < -0.39 is 18.2 Å². The molecule has 0 spiro atoms. The van der Waals surface area contributed by atoms with Gasteiger partial charge in [0.05, 0.1) is 24.3 Å². The molecule has 1 aliphatic heterocycles. The van der Waals surface area contributed by atoms with Crippen LogP contribution < -0.4 is 0 Å². The molecule has 1 heterocycles. The summed E-state index contributed by atoms with van der Waals surface area (Å²) < 4.78 is 10.2. The summed E-state index contributed by atoms with van der Waals surface area (Å²) in [6, 6.07) is 6.75. The Balaban J connectivity index is 2.32. The zero-order valence-electron chi connectivity index (χ0n) is 10.7. The van der Waals surface area contributed by atoms with Crippen molar-refractivity contribution < 1.29 is 24.2 Å². The standard InChI is InChI=1S/C13H15NO5/c1-8(15)11-7-18-14-12(19-11)9-5-3-4-6-10(9)13(16)17-2/h3-6,8,11,15H,7H2,1-2H3. The molecule has 6 heteroatoms. The SMILES string of the molecule is COC(=O)c1ccccc1C1=NOCC(C(C)O)O1. The Morgan fingerprint density at radius 1 is 1.53 bits per heavy atom. The van der Waals surface area contributed by atoms with E-state index in [0.717, 1.165) is 0 Å². The third kappa shape index (κ3) is 2.85. The molecule has 0 aromatic heterocycles. The third-order valence-electron chi connectivity index (χ3n) is 2.75. The van der Waals surface area contributed by atoms with Gasteiger partial charge < -0.3 is 19.4 Å². The number of benzene rings is 1. The monoisotopic (exact) mass is 265 g/mol. The normalized spacial score (nSPS) is 19.7. The summed E-state index contributed by atoms with van der Waals surface area (Å²) in [6.07, 6.45) is -1.21. The van der Waals surface area contributed by atoms with Gasteiger partial charge in [0.1, 0.15) is 0 Å². The van der Waals surface area contributed by atoms with Gasteiger partial charge in [-0.1, -0.05) is 12.1 Å². The van der Waals surface area contributed by atoms with Gasteiger partial charge >= 0.3 is 5.97 Å². The van der Waals surface area contributed by atoms with E-state index in [1.54, 1.807) is 31.2 Å². The number of hydrogen-bond donors (Lipinski definition) is 1. The fourth-order valence-electron chi connectivity index (χ4n) is 1.68. The second-order valence-corrected chi connectivity index (χ2v) is 4.13. The van der Waals surface area contributed by atoms with E-state index in [1.807, 2.05) is 0 Å². The Bertz CT molecular complexity index is 498. The molecule has 0 amide bonds. The first-order chi connectivity index (χ1) is 9.13. The van der Waals surface area contributed by atoms with E-state index in [1.165, 1.54) is 7.11 Å². The van der Waals surface area contributed by atoms with Gasteiger partial charge in [-0.25, -0.2) is 4.79 Å². The Labute approximate surface area is 110 Å². The maximum absolute atomic E-state index is 11.7. The highest BCUT2D eigenvalue weighted by atomic mass is 16.7. The lowest BCUT2D eigenvalue weighted by Crippen LogP contribution is -2.36. The van der Waals surface area contributed by atoms with Crippen LogP contribution >= 0.6 is 0 Å². The van der Waals surface area contributed by atoms with Crippen LogP contribution in [0.3, 0.4) is 0 Å². The van der Waals surface area contributed by atoms with E-state index in [2.05, 4.69) is 5.16 Å². The number of carbonyl (C=O) groups excluding carboxylic acids is 1. The lowest BCUT2D eigenvalue weighted by Gasteiger charge is -2.25. The van der Waals surface area contributed by atoms with Crippen molar-refractivity contribution in [2.24, 2.45) is 5.16 Å². The number of hydrogen-bond acceptors (Lipinski definition) is 6. The van der Waals surface area contributed by atoms with Gasteiger partial charge in [-0.15, -0.1) is 0 Å². The average molecular weight is 265 g/mol. The molecular formula is C13H15NO5. The molecule has 0 saturated carbocycles. The number of esters is 1.